The summed E-state index contributed by atoms with van der Waals surface area (Å²) in [6.07, 6.45) is 0. The summed E-state index contributed by atoms with van der Waals surface area (Å²) in [5.74, 6) is 0.586. The van der Waals surface area contributed by atoms with Gasteiger partial charge >= 0.3 is 0 Å². The molecule has 0 unspecified atom stereocenters. The van der Waals surface area contributed by atoms with E-state index in [2.05, 4.69) is 5.32 Å². The molecule has 0 bridgehead atoms. The predicted molar refractivity (Wildman–Crippen MR) is 74.7 cm³/mol. The van der Waals surface area contributed by atoms with Crippen LogP contribution in [-0.4, -0.2) is 13.2 Å². The van der Waals surface area contributed by atoms with E-state index in [-0.39, 0.29) is 5.82 Å². The summed E-state index contributed by atoms with van der Waals surface area (Å²) in [6.45, 7) is 1.71. The lowest BCUT2D eigenvalue weighted by Crippen LogP contribution is -2.10. The molecule has 0 aromatic heterocycles. The van der Waals surface area contributed by atoms with Crippen molar-refractivity contribution in [2.45, 2.75) is 6.54 Å². The van der Waals surface area contributed by atoms with Crippen molar-refractivity contribution in [3.63, 3.8) is 0 Å². The lowest BCUT2D eigenvalue weighted by molar-refractivity contribution is 0.328. The zero-order chi connectivity index (χ0) is 13.5. The molecule has 2 rings (SSSR count). The number of hydrogen-bond donors (Lipinski definition) is 2. The zero-order valence-corrected chi connectivity index (χ0v) is 10.6. The molecule has 100 valence electrons. The second kappa shape index (κ2) is 6.75. The van der Waals surface area contributed by atoms with E-state index in [0.29, 0.717) is 19.7 Å². The van der Waals surface area contributed by atoms with E-state index in [9.17, 15) is 4.39 Å². The van der Waals surface area contributed by atoms with Gasteiger partial charge in [-0.1, -0.05) is 12.1 Å². The molecule has 0 aliphatic rings. The van der Waals surface area contributed by atoms with Crippen molar-refractivity contribution in [3.8, 4) is 5.75 Å². The van der Waals surface area contributed by atoms with Crippen LogP contribution in [0.4, 0.5) is 10.1 Å². The van der Waals surface area contributed by atoms with Crippen LogP contribution in [-0.2, 0) is 6.54 Å². The number of halogens is 1. The second-order valence-electron chi connectivity index (χ2n) is 4.14. The molecule has 19 heavy (non-hydrogen) atoms. The van der Waals surface area contributed by atoms with Crippen molar-refractivity contribution < 1.29 is 9.13 Å². The van der Waals surface area contributed by atoms with E-state index < -0.39 is 0 Å². The Morgan fingerprint density at radius 3 is 2.32 bits per heavy atom. The number of ether oxygens (including phenoxy) is 1. The highest BCUT2D eigenvalue weighted by atomic mass is 19.1. The Balaban J connectivity index is 1.87. The minimum Gasteiger partial charge on any atom is -0.492 e. The van der Waals surface area contributed by atoms with Gasteiger partial charge in [-0.2, -0.15) is 0 Å². The van der Waals surface area contributed by atoms with Gasteiger partial charge in [0, 0.05) is 18.8 Å². The van der Waals surface area contributed by atoms with Gasteiger partial charge in [0.05, 0.1) is 0 Å². The third kappa shape index (κ3) is 4.26. The molecule has 4 heteroatoms. The van der Waals surface area contributed by atoms with Crippen molar-refractivity contribution in [2.24, 2.45) is 5.73 Å². The molecule has 3 nitrogen and oxygen atoms in total. The molecule has 0 saturated heterocycles. The minimum absolute atomic E-state index is 0.230. The van der Waals surface area contributed by atoms with Gasteiger partial charge in [-0.15, -0.1) is 0 Å². The van der Waals surface area contributed by atoms with Gasteiger partial charge in [-0.25, -0.2) is 4.39 Å². The molecule has 0 radical (unpaired) electrons. The molecule has 0 atom stereocenters. The van der Waals surface area contributed by atoms with Gasteiger partial charge in [-0.05, 0) is 42.0 Å². The zero-order valence-electron chi connectivity index (χ0n) is 10.6. The fourth-order valence-corrected chi connectivity index (χ4v) is 1.65. The van der Waals surface area contributed by atoms with Crippen LogP contribution in [0.25, 0.3) is 0 Å². The maximum Gasteiger partial charge on any atom is 0.123 e. The van der Waals surface area contributed by atoms with Crippen LogP contribution in [0.15, 0.2) is 48.5 Å². The fraction of sp³-hybridized carbons (Fsp3) is 0.200. The Morgan fingerprint density at radius 1 is 1.00 bits per heavy atom. The normalized spacial score (nSPS) is 10.2. The van der Waals surface area contributed by atoms with E-state index in [0.717, 1.165) is 17.0 Å². The predicted octanol–water partition coefficient (Wildman–Crippen LogP) is 2.78. The summed E-state index contributed by atoms with van der Waals surface area (Å²) in [7, 11) is 0. The third-order valence-electron chi connectivity index (χ3n) is 2.65. The summed E-state index contributed by atoms with van der Waals surface area (Å²) < 4.78 is 18.1. The van der Waals surface area contributed by atoms with Crippen molar-refractivity contribution in [2.75, 3.05) is 18.5 Å². The molecule has 0 spiro atoms. The first-order valence-corrected chi connectivity index (χ1v) is 6.19. The molecule has 0 aliphatic carbocycles. The highest BCUT2D eigenvalue weighted by Crippen LogP contribution is 2.14. The largest absolute Gasteiger partial charge is 0.492 e. The summed E-state index contributed by atoms with van der Waals surface area (Å²) in [6, 6.07) is 14.1. The Bertz CT molecular complexity index is 497. The smallest absolute Gasteiger partial charge is 0.123 e. The Labute approximate surface area is 112 Å². The van der Waals surface area contributed by atoms with Crippen LogP contribution in [0.5, 0.6) is 5.75 Å². The number of rotatable bonds is 6. The molecule has 0 saturated carbocycles. The summed E-state index contributed by atoms with van der Waals surface area (Å²) >= 11 is 0. The van der Waals surface area contributed by atoms with E-state index in [4.69, 9.17) is 10.5 Å². The third-order valence-corrected chi connectivity index (χ3v) is 2.65. The summed E-state index contributed by atoms with van der Waals surface area (Å²) in [5.41, 5.74) is 7.39. The lowest BCUT2D eigenvalue weighted by Gasteiger charge is -2.08. The van der Waals surface area contributed by atoms with E-state index in [1.165, 1.54) is 12.1 Å². The Kier molecular flexibility index (Phi) is 4.75. The number of anilines is 1. The molecule has 0 heterocycles. The van der Waals surface area contributed by atoms with Gasteiger partial charge in [0.1, 0.15) is 18.2 Å². The average Bonchev–Trinajstić information content (AvgIpc) is 2.46. The first kappa shape index (κ1) is 13.4. The number of nitrogens with two attached hydrogens (primary N) is 1. The van der Waals surface area contributed by atoms with Crippen molar-refractivity contribution in [1.82, 2.24) is 0 Å². The Hall–Kier alpha value is -2.07. The lowest BCUT2D eigenvalue weighted by atomic mass is 10.2. The van der Waals surface area contributed by atoms with Crippen LogP contribution in [0.2, 0.25) is 0 Å². The maximum absolute atomic E-state index is 12.7. The summed E-state index contributed by atoms with van der Waals surface area (Å²) in [4.78, 5) is 0. The van der Waals surface area contributed by atoms with Crippen molar-refractivity contribution >= 4 is 5.69 Å². The fourth-order valence-electron chi connectivity index (χ4n) is 1.65. The second-order valence-corrected chi connectivity index (χ2v) is 4.14. The van der Waals surface area contributed by atoms with Gasteiger partial charge in [0.25, 0.3) is 0 Å². The molecule has 2 aromatic rings. The van der Waals surface area contributed by atoms with Crippen molar-refractivity contribution in [3.05, 3.63) is 59.9 Å². The Morgan fingerprint density at radius 2 is 1.68 bits per heavy atom. The van der Waals surface area contributed by atoms with Crippen LogP contribution in [0.1, 0.15) is 5.56 Å². The van der Waals surface area contributed by atoms with Gasteiger partial charge < -0.3 is 15.8 Å². The van der Waals surface area contributed by atoms with Gasteiger partial charge in [0.2, 0.25) is 0 Å². The molecular weight excluding hydrogens is 243 g/mol. The molecule has 3 N–H and O–H groups in total. The van der Waals surface area contributed by atoms with Gasteiger partial charge in [-0.3, -0.25) is 0 Å². The standard InChI is InChI=1S/C15H17FN2O/c16-13-3-5-14(6-4-13)18-11-12-1-7-15(8-2-12)19-10-9-17/h1-8,18H,9-11,17H2. The van der Waals surface area contributed by atoms with Crippen LogP contribution >= 0.6 is 0 Å². The van der Waals surface area contributed by atoms with Crippen LogP contribution < -0.4 is 15.8 Å². The molecule has 0 fully saturated rings. The van der Waals surface area contributed by atoms with E-state index in [1.807, 2.05) is 24.3 Å². The SMILES string of the molecule is NCCOc1ccc(CNc2ccc(F)cc2)cc1. The van der Waals surface area contributed by atoms with E-state index in [1.54, 1.807) is 12.1 Å². The van der Waals surface area contributed by atoms with E-state index >= 15 is 0 Å². The first-order valence-electron chi connectivity index (χ1n) is 6.19. The highest BCUT2D eigenvalue weighted by Gasteiger charge is 1.97. The number of hydrogen-bond acceptors (Lipinski definition) is 3. The van der Waals surface area contributed by atoms with Crippen molar-refractivity contribution in [1.29, 1.82) is 0 Å². The minimum atomic E-state index is -0.230. The monoisotopic (exact) mass is 260 g/mol. The highest BCUT2D eigenvalue weighted by molar-refractivity contribution is 5.43. The van der Waals surface area contributed by atoms with Crippen LogP contribution in [0.3, 0.4) is 0 Å². The van der Waals surface area contributed by atoms with Gasteiger partial charge in [0.15, 0.2) is 0 Å². The van der Waals surface area contributed by atoms with Crippen LogP contribution in [0, 0.1) is 5.82 Å². The first-order chi connectivity index (χ1) is 9.28. The molecular formula is C15H17FN2O. The molecule has 0 aliphatic heterocycles. The molecule has 0 amide bonds. The number of benzene rings is 2. The number of nitrogens with one attached hydrogen (secondary N) is 1. The quantitative estimate of drug-likeness (QED) is 0.839. The molecule has 2 aromatic carbocycles. The summed E-state index contributed by atoms with van der Waals surface area (Å²) in [5, 5.41) is 3.22. The average molecular weight is 260 g/mol. The maximum atomic E-state index is 12.7. The topological polar surface area (TPSA) is 47.3 Å².